The fraction of sp³-hybridized carbons (Fsp3) is 0.444. The van der Waals surface area contributed by atoms with Crippen LogP contribution in [-0.2, 0) is 5.54 Å². The zero-order valence-corrected chi connectivity index (χ0v) is 13.6. The minimum absolute atomic E-state index is 0.00191. The fourth-order valence-corrected chi connectivity index (χ4v) is 3.47. The van der Waals surface area contributed by atoms with Gasteiger partial charge in [-0.05, 0) is 43.7 Å². The lowest BCUT2D eigenvalue weighted by Crippen LogP contribution is -2.37. The number of fused-ring (bicyclic) bond motifs is 3. The third kappa shape index (κ3) is 2.69. The molecule has 21 heavy (non-hydrogen) atoms. The molecule has 2 heterocycles. The first kappa shape index (κ1) is 14.5. The first-order chi connectivity index (χ1) is 10.1. The molecule has 1 aromatic heterocycles. The average molecular weight is 303 g/mol. The zero-order chi connectivity index (χ0) is 14.9. The highest BCUT2D eigenvalue weighted by Gasteiger charge is 2.33. The van der Waals surface area contributed by atoms with E-state index in [1.807, 2.05) is 12.1 Å². The lowest BCUT2D eigenvalue weighted by Gasteiger charge is -2.38. The second kappa shape index (κ2) is 5.76. The Balaban J connectivity index is 1.91. The summed E-state index contributed by atoms with van der Waals surface area (Å²) in [6.07, 6.45) is 8.45. The highest BCUT2D eigenvalue weighted by Crippen LogP contribution is 2.40. The molecule has 0 fully saturated rings. The Morgan fingerprint density at radius 1 is 1.19 bits per heavy atom. The van der Waals surface area contributed by atoms with Crippen LogP contribution in [0.3, 0.4) is 0 Å². The second-order valence-electron chi connectivity index (χ2n) is 6.19. The van der Waals surface area contributed by atoms with Gasteiger partial charge in [0.1, 0.15) is 0 Å². The van der Waals surface area contributed by atoms with Gasteiger partial charge in [0, 0.05) is 16.9 Å². The van der Waals surface area contributed by atoms with Crippen LogP contribution in [0, 0.1) is 0 Å². The molecule has 0 saturated carbocycles. The molecule has 0 amide bonds. The van der Waals surface area contributed by atoms with Gasteiger partial charge >= 0.3 is 0 Å². The molecule has 3 heteroatoms. The number of hydrogen-bond donors (Lipinski definition) is 1. The number of benzene rings is 1. The van der Waals surface area contributed by atoms with Crippen molar-refractivity contribution in [3.05, 3.63) is 47.2 Å². The highest BCUT2D eigenvalue weighted by molar-refractivity contribution is 6.30. The van der Waals surface area contributed by atoms with Crippen molar-refractivity contribution in [3.63, 3.8) is 0 Å². The Hall–Kier alpha value is -1.41. The van der Waals surface area contributed by atoms with Gasteiger partial charge in [-0.25, -0.2) is 0 Å². The largest absolute Gasteiger partial charge is 0.373 e. The minimum Gasteiger partial charge on any atom is -0.373 e. The first-order valence-electron chi connectivity index (χ1n) is 7.90. The van der Waals surface area contributed by atoms with E-state index < -0.39 is 0 Å². The number of nitrogens with one attached hydrogen (secondary N) is 1. The summed E-state index contributed by atoms with van der Waals surface area (Å²) in [5.41, 5.74) is 3.64. The zero-order valence-electron chi connectivity index (χ0n) is 12.8. The van der Waals surface area contributed by atoms with E-state index in [2.05, 4.69) is 48.1 Å². The minimum atomic E-state index is -0.00191. The molecular weight excluding hydrogens is 280 g/mol. The van der Waals surface area contributed by atoms with Crippen molar-refractivity contribution >= 4 is 17.3 Å². The number of halogens is 1. The maximum absolute atomic E-state index is 6.16. The third-order valence-corrected chi connectivity index (χ3v) is 4.71. The van der Waals surface area contributed by atoms with Crippen molar-refractivity contribution in [1.29, 1.82) is 0 Å². The van der Waals surface area contributed by atoms with Crippen LogP contribution in [0.1, 0.15) is 51.6 Å². The van der Waals surface area contributed by atoms with Crippen molar-refractivity contribution in [3.8, 4) is 5.69 Å². The molecule has 3 rings (SSSR count). The lowest BCUT2D eigenvalue weighted by molar-refractivity contribution is 0.435. The summed E-state index contributed by atoms with van der Waals surface area (Å²) < 4.78 is 2.28. The van der Waals surface area contributed by atoms with Gasteiger partial charge in [-0.1, -0.05) is 44.2 Å². The topological polar surface area (TPSA) is 17.0 Å². The summed E-state index contributed by atoms with van der Waals surface area (Å²) >= 11 is 6.16. The standard InChI is InChI=1S/C18H23ClN2/c1-3-4-5-6-11-18(2)17-8-7-12-21(17)16-13-14(19)9-10-15(16)20-18/h7-10,12-13,20H,3-6,11H2,1-2H3. The Bertz CT molecular complexity index is 632. The molecule has 1 aliphatic heterocycles. The summed E-state index contributed by atoms with van der Waals surface area (Å²) in [7, 11) is 0. The van der Waals surface area contributed by atoms with E-state index in [9.17, 15) is 0 Å². The Morgan fingerprint density at radius 2 is 2.05 bits per heavy atom. The van der Waals surface area contributed by atoms with Crippen LogP contribution < -0.4 is 5.32 Å². The molecule has 0 spiro atoms. The van der Waals surface area contributed by atoms with E-state index in [0.29, 0.717) is 0 Å². The van der Waals surface area contributed by atoms with Gasteiger partial charge < -0.3 is 9.88 Å². The Labute approximate surface area is 132 Å². The number of hydrogen-bond acceptors (Lipinski definition) is 1. The second-order valence-corrected chi connectivity index (χ2v) is 6.63. The SMILES string of the molecule is CCCCCCC1(C)Nc2ccc(Cl)cc2-n2cccc21. The smallest absolute Gasteiger partial charge is 0.0751 e. The number of unbranched alkanes of at least 4 members (excludes halogenated alkanes) is 3. The molecule has 2 nitrogen and oxygen atoms in total. The fourth-order valence-electron chi connectivity index (χ4n) is 3.31. The van der Waals surface area contributed by atoms with E-state index in [4.69, 9.17) is 11.6 Å². The van der Waals surface area contributed by atoms with Crippen LogP contribution >= 0.6 is 11.6 Å². The van der Waals surface area contributed by atoms with Crippen molar-refractivity contribution < 1.29 is 0 Å². The van der Waals surface area contributed by atoms with Gasteiger partial charge in [-0.3, -0.25) is 0 Å². The average Bonchev–Trinajstić information content (AvgIpc) is 2.96. The summed E-state index contributed by atoms with van der Waals surface area (Å²) in [6, 6.07) is 10.4. The van der Waals surface area contributed by atoms with Crippen molar-refractivity contribution in [2.24, 2.45) is 0 Å². The molecule has 1 aliphatic rings. The molecule has 1 N–H and O–H groups in total. The highest BCUT2D eigenvalue weighted by atomic mass is 35.5. The van der Waals surface area contributed by atoms with Crippen LogP contribution in [0.5, 0.6) is 0 Å². The molecule has 112 valence electrons. The van der Waals surface area contributed by atoms with E-state index in [0.717, 1.165) is 17.1 Å². The van der Waals surface area contributed by atoms with Gasteiger partial charge in [-0.2, -0.15) is 0 Å². The van der Waals surface area contributed by atoms with Crippen LogP contribution in [0.15, 0.2) is 36.5 Å². The Kier molecular flexibility index (Phi) is 3.99. The molecule has 0 bridgehead atoms. The lowest BCUT2D eigenvalue weighted by atomic mass is 9.88. The van der Waals surface area contributed by atoms with Crippen LogP contribution in [0.2, 0.25) is 5.02 Å². The monoisotopic (exact) mass is 302 g/mol. The number of nitrogens with zero attached hydrogens (tertiary/aromatic N) is 1. The van der Waals surface area contributed by atoms with Gasteiger partial charge in [0.15, 0.2) is 0 Å². The number of aromatic nitrogens is 1. The third-order valence-electron chi connectivity index (χ3n) is 4.47. The Morgan fingerprint density at radius 3 is 2.86 bits per heavy atom. The molecule has 1 atom stereocenters. The molecule has 1 unspecified atom stereocenters. The molecular formula is C18H23ClN2. The van der Waals surface area contributed by atoms with Gasteiger partial charge in [-0.15, -0.1) is 0 Å². The van der Waals surface area contributed by atoms with Crippen molar-refractivity contribution in [2.75, 3.05) is 5.32 Å². The van der Waals surface area contributed by atoms with Crippen molar-refractivity contribution in [1.82, 2.24) is 4.57 Å². The number of rotatable bonds is 5. The molecule has 0 radical (unpaired) electrons. The number of anilines is 1. The molecule has 1 aromatic carbocycles. The maximum atomic E-state index is 6.16. The molecule has 2 aromatic rings. The summed E-state index contributed by atoms with van der Waals surface area (Å²) in [4.78, 5) is 0. The van der Waals surface area contributed by atoms with E-state index >= 15 is 0 Å². The maximum Gasteiger partial charge on any atom is 0.0751 e. The summed E-state index contributed by atoms with van der Waals surface area (Å²) in [5.74, 6) is 0. The quantitative estimate of drug-likeness (QED) is 0.697. The van der Waals surface area contributed by atoms with Gasteiger partial charge in [0.05, 0.1) is 16.9 Å². The van der Waals surface area contributed by atoms with Crippen molar-refractivity contribution in [2.45, 2.75) is 51.5 Å². The van der Waals surface area contributed by atoms with E-state index in [-0.39, 0.29) is 5.54 Å². The molecule has 0 saturated heterocycles. The summed E-state index contributed by atoms with van der Waals surface area (Å²) in [5, 5.41) is 4.52. The van der Waals surface area contributed by atoms with E-state index in [1.165, 1.54) is 37.1 Å². The van der Waals surface area contributed by atoms with Gasteiger partial charge in [0.2, 0.25) is 0 Å². The van der Waals surface area contributed by atoms with Crippen LogP contribution in [-0.4, -0.2) is 4.57 Å². The van der Waals surface area contributed by atoms with Crippen LogP contribution in [0.4, 0.5) is 5.69 Å². The molecule has 0 aliphatic carbocycles. The van der Waals surface area contributed by atoms with Gasteiger partial charge in [0.25, 0.3) is 0 Å². The normalized spacial score (nSPS) is 19.8. The predicted molar refractivity (Wildman–Crippen MR) is 90.5 cm³/mol. The van der Waals surface area contributed by atoms with E-state index in [1.54, 1.807) is 0 Å². The predicted octanol–water partition coefficient (Wildman–Crippen LogP) is 5.74. The summed E-state index contributed by atoms with van der Waals surface area (Å²) in [6.45, 7) is 4.56. The van der Waals surface area contributed by atoms with Crippen LogP contribution in [0.25, 0.3) is 5.69 Å². The first-order valence-corrected chi connectivity index (χ1v) is 8.28.